The molecule has 0 saturated heterocycles. The normalized spacial score (nSPS) is 13.9. The molecule has 0 amide bonds. The molecule has 0 bridgehead atoms. The standard InChI is InChI=1S/C21H29NO/c1-3-21(15-14-18(2)23)22(16-19-10-6-4-7-11-19)17-20-12-8-5-9-13-20/h4-13,18,21,23H,3,14-17H2,1-2H3. The number of hydrogen-bond acceptors (Lipinski definition) is 2. The lowest BCUT2D eigenvalue weighted by Crippen LogP contribution is -2.34. The Kier molecular flexibility index (Phi) is 7.31. The van der Waals surface area contributed by atoms with Crippen molar-refractivity contribution in [2.45, 2.75) is 58.3 Å². The summed E-state index contributed by atoms with van der Waals surface area (Å²) in [5.74, 6) is 0. The Morgan fingerprint density at radius 3 is 1.70 bits per heavy atom. The summed E-state index contributed by atoms with van der Waals surface area (Å²) >= 11 is 0. The van der Waals surface area contributed by atoms with Gasteiger partial charge in [0.25, 0.3) is 0 Å². The third-order valence-electron chi connectivity index (χ3n) is 4.36. The van der Waals surface area contributed by atoms with Gasteiger partial charge in [-0.1, -0.05) is 67.6 Å². The van der Waals surface area contributed by atoms with Gasteiger partial charge in [0.1, 0.15) is 0 Å². The zero-order valence-corrected chi connectivity index (χ0v) is 14.4. The Labute approximate surface area is 140 Å². The number of aliphatic hydroxyl groups excluding tert-OH is 1. The third-order valence-corrected chi connectivity index (χ3v) is 4.36. The first-order valence-electron chi connectivity index (χ1n) is 8.69. The van der Waals surface area contributed by atoms with Gasteiger partial charge in [-0.05, 0) is 37.3 Å². The van der Waals surface area contributed by atoms with Crippen LogP contribution in [0.5, 0.6) is 0 Å². The van der Waals surface area contributed by atoms with Crippen LogP contribution in [-0.2, 0) is 13.1 Å². The van der Waals surface area contributed by atoms with E-state index in [4.69, 9.17) is 0 Å². The van der Waals surface area contributed by atoms with Crippen LogP contribution in [-0.4, -0.2) is 22.2 Å². The predicted molar refractivity (Wildman–Crippen MR) is 97.1 cm³/mol. The number of rotatable bonds is 9. The lowest BCUT2D eigenvalue weighted by molar-refractivity contribution is 0.128. The van der Waals surface area contributed by atoms with Crippen LogP contribution in [0.4, 0.5) is 0 Å². The van der Waals surface area contributed by atoms with Crippen molar-refractivity contribution < 1.29 is 5.11 Å². The van der Waals surface area contributed by atoms with Crippen LogP contribution in [0.25, 0.3) is 0 Å². The quantitative estimate of drug-likeness (QED) is 0.730. The molecule has 2 rings (SSSR count). The second kappa shape index (κ2) is 9.49. The summed E-state index contributed by atoms with van der Waals surface area (Å²) in [7, 11) is 0. The molecule has 0 saturated carbocycles. The van der Waals surface area contributed by atoms with E-state index in [0.717, 1.165) is 32.4 Å². The first kappa shape index (κ1) is 17.7. The lowest BCUT2D eigenvalue weighted by atomic mass is 10.0. The van der Waals surface area contributed by atoms with Gasteiger partial charge in [0.15, 0.2) is 0 Å². The molecule has 2 nitrogen and oxygen atoms in total. The summed E-state index contributed by atoms with van der Waals surface area (Å²) < 4.78 is 0. The number of hydrogen-bond donors (Lipinski definition) is 1. The third kappa shape index (κ3) is 6.17. The number of benzene rings is 2. The van der Waals surface area contributed by atoms with E-state index in [1.807, 2.05) is 6.92 Å². The van der Waals surface area contributed by atoms with Crippen molar-refractivity contribution in [3.63, 3.8) is 0 Å². The maximum atomic E-state index is 9.64. The molecular formula is C21H29NO. The van der Waals surface area contributed by atoms with Gasteiger partial charge in [-0.3, -0.25) is 4.90 Å². The van der Waals surface area contributed by atoms with E-state index in [1.165, 1.54) is 11.1 Å². The number of aliphatic hydroxyl groups is 1. The monoisotopic (exact) mass is 311 g/mol. The summed E-state index contributed by atoms with van der Waals surface area (Å²) in [6.07, 6.45) is 2.78. The topological polar surface area (TPSA) is 23.5 Å². The smallest absolute Gasteiger partial charge is 0.0512 e. The van der Waals surface area contributed by atoms with Crippen LogP contribution in [0.15, 0.2) is 60.7 Å². The highest BCUT2D eigenvalue weighted by Crippen LogP contribution is 2.19. The van der Waals surface area contributed by atoms with Crippen LogP contribution in [0, 0.1) is 0 Å². The molecule has 0 radical (unpaired) electrons. The van der Waals surface area contributed by atoms with E-state index in [2.05, 4.69) is 72.5 Å². The highest BCUT2D eigenvalue weighted by atomic mass is 16.3. The molecule has 1 N–H and O–H groups in total. The summed E-state index contributed by atoms with van der Waals surface area (Å²) in [6, 6.07) is 21.8. The average Bonchev–Trinajstić information content (AvgIpc) is 2.57. The predicted octanol–water partition coefficient (Wildman–Crippen LogP) is 4.63. The van der Waals surface area contributed by atoms with E-state index in [1.54, 1.807) is 0 Å². The molecule has 23 heavy (non-hydrogen) atoms. The minimum atomic E-state index is -0.223. The van der Waals surface area contributed by atoms with Gasteiger partial charge in [-0.2, -0.15) is 0 Å². The van der Waals surface area contributed by atoms with Gasteiger partial charge in [0, 0.05) is 19.1 Å². The van der Waals surface area contributed by atoms with Crippen LogP contribution in [0.2, 0.25) is 0 Å². The highest BCUT2D eigenvalue weighted by molar-refractivity contribution is 5.17. The largest absolute Gasteiger partial charge is 0.393 e. The molecule has 0 aliphatic heterocycles. The van der Waals surface area contributed by atoms with Gasteiger partial charge < -0.3 is 5.11 Å². The van der Waals surface area contributed by atoms with Crippen LogP contribution in [0.3, 0.4) is 0 Å². The summed E-state index contributed by atoms with van der Waals surface area (Å²) in [5.41, 5.74) is 2.69. The molecule has 0 heterocycles. The first-order chi connectivity index (χ1) is 11.2. The summed E-state index contributed by atoms with van der Waals surface area (Å²) in [6.45, 7) is 6.03. The van der Waals surface area contributed by atoms with E-state index in [-0.39, 0.29) is 6.10 Å². The van der Waals surface area contributed by atoms with Gasteiger partial charge in [0.05, 0.1) is 6.10 Å². The van der Waals surface area contributed by atoms with Crippen molar-refractivity contribution in [2.75, 3.05) is 0 Å². The van der Waals surface area contributed by atoms with E-state index >= 15 is 0 Å². The zero-order valence-electron chi connectivity index (χ0n) is 14.4. The summed E-state index contributed by atoms with van der Waals surface area (Å²) in [5, 5.41) is 9.64. The summed E-state index contributed by atoms with van der Waals surface area (Å²) in [4.78, 5) is 2.55. The van der Waals surface area contributed by atoms with Crippen molar-refractivity contribution in [3.8, 4) is 0 Å². The van der Waals surface area contributed by atoms with Gasteiger partial charge in [-0.15, -0.1) is 0 Å². The van der Waals surface area contributed by atoms with Gasteiger partial charge >= 0.3 is 0 Å². The van der Waals surface area contributed by atoms with Crippen LogP contribution >= 0.6 is 0 Å². The van der Waals surface area contributed by atoms with Gasteiger partial charge in [0.2, 0.25) is 0 Å². The zero-order chi connectivity index (χ0) is 16.5. The van der Waals surface area contributed by atoms with Crippen LogP contribution < -0.4 is 0 Å². The molecule has 2 aromatic rings. The highest BCUT2D eigenvalue weighted by Gasteiger charge is 2.18. The number of nitrogens with zero attached hydrogens (tertiary/aromatic N) is 1. The molecule has 0 spiro atoms. The molecule has 2 atom stereocenters. The molecule has 0 aliphatic rings. The van der Waals surface area contributed by atoms with Crippen molar-refractivity contribution in [3.05, 3.63) is 71.8 Å². The SMILES string of the molecule is CCC(CCC(C)O)N(Cc1ccccc1)Cc1ccccc1. The first-order valence-corrected chi connectivity index (χ1v) is 8.69. The minimum absolute atomic E-state index is 0.223. The van der Waals surface area contributed by atoms with Crippen molar-refractivity contribution in [1.29, 1.82) is 0 Å². The van der Waals surface area contributed by atoms with E-state index in [0.29, 0.717) is 6.04 Å². The maximum Gasteiger partial charge on any atom is 0.0512 e. The van der Waals surface area contributed by atoms with Crippen LogP contribution in [0.1, 0.15) is 44.2 Å². The Hall–Kier alpha value is -1.64. The Morgan fingerprint density at radius 2 is 1.30 bits per heavy atom. The Bertz CT molecular complexity index is 497. The fraction of sp³-hybridized carbons (Fsp3) is 0.429. The molecule has 2 heteroatoms. The lowest BCUT2D eigenvalue weighted by Gasteiger charge is -2.32. The molecule has 124 valence electrons. The van der Waals surface area contributed by atoms with Crippen molar-refractivity contribution in [2.24, 2.45) is 0 Å². The second-order valence-corrected chi connectivity index (χ2v) is 6.36. The molecule has 0 aliphatic carbocycles. The minimum Gasteiger partial charge on any atom is -0.393 e. The molecular weight excluding hydrogens is 282 g/mol. The van der Waals surface area contributed by atoms with Crippen molar-refractivity contribution in [1.82, 2.24) is 4.90 Å². The molecule has 2 aromatic carbocycles. The maximum absolute atomic E-state index is 9.64. The molecule has 0 aromatic heterocycles. The Morgan fingerprint density at radius 1 is 0.826 bits per heavy atom. The van der Waals surface area contributed by atoms with E-state index < -0.39 is 0 Å². The second-order valence-electron chi connectivity index (χ2n) is 6.36. The molecule has 0 fully saturated rings. The van der Waals surface area contributed by atoms with E-state index in [9.17, 15) is 5.11 Å². The average molecular weight is 311 g/mol. The molecule has 2 unspecified atom stereocenters. The fourth-order valence-electron chi connectivity index (χ4n) is 3.03. The van der Waals surface area contributed by atoms with Gasteiger partial charge in [-0.25, -0.2) is 0 Å². The van der Waals surface area contributed by atoms with Crippen molar-refractivity contribution >= 4 is 0 Å². The Balaban J connectivity index is 2.11. The fourth-order valence-corrected chi connectivity index (χ4v) is 3.03.